The first-order valence-electron chi connectivity index (χ1n) is 4.13. The van der Waals surface area contributed by atoms with Crippen LogP contribution in [0.2, 0.25) is 0 Å². The standard InChI is InChI=1S/C10H13IO2/c1-7(2)13-9-5-4-8(11)6-10(9)12-3/h4-7H,1-3H3. The second-order valence-corrected chi connectivity index (χ2v) is 4.21. The summed E-state index contributed by atoms with van der Waals surface area (Å²) in [6.45, 7) is 3.99. The molecule has 2 nitrogen and oxygen atoms in total. The van der Waals surface area contributed by atoms with E-state index in [1.54, 1.807) is 7.11 Å². The number of halogens is 1. The average molecular weight is 292 g/mol. The molecule has 0 radical (unpaired) electrons. The molecule has 0 fully saturated rings. The maximum atomic E-state index is 5.56. The van der Waals surface area contributed by atoms with Gasteiger partial charge in [0.05, 0.1) is 13.2 Å². The van der Waals surface area contributed by atoms with Crippen molar-refractivity contribution in [3.05, 3.63) is 21.8 Å². The lowest BCUT2D eigenvalue weighted by molar-refractivity contribution is 0.230. The number of ether oxygens (including phenoxy) is 2. The molecular weight excluding hydrogens is 279 g/mol. The summed E-state index contributed by atoms with van der Waals surface area (Å²) in [6.07, 6.45) is 0.175. The van der Waals surface area contributed by atoms with Crippen molar-refractivity contribution in [1.82, 2.24) is 0 Å². The molecule has 0 aliphatic rings. The third-order valence-electron chi connectivity index (χ3n) is 1.49. The SMILES string of the molecule is COc1cc(I)ccc1OC(C)C. The van der Waals surface area contributed by atoms with Crippen LogP contribution in [0.4, 0.5) is 0 Å². The first-order chi connectivity index (χ1) is 6.13. The van der Waals surface area contributed by atoms with Crippen LogP contribution in [0.3, 0.4) is 0 Å². The third-order valence-corrected chi connectivity index (χ3v) is 2.16. The van der Waals surface area contributed by atoms with Gasteiger partial charge in [-0.2, -0.15) is 0 Å². The Morgan fingerprint density at radius 3 is 2.46 bits per heavy atom. The van der Waals surface area contributed by atoms with Crippen LogP contribution >= 0.6 is 22.6 Å². The third kappa shape index (κ3) is 3.06. The van der Waals surface area contributed by atoms with E-state index in [4.69, 9.17) is 9.47 Å². The molecule has 72 valence electrons. The van der Waals surface area contributed by atoms with E-state index in [0.717, 1.165) is 15.1 Å². The van der Waals surface area contributed by atoms with Gasteiger partial charge in [-0.05, 0) is 54.6 Å². The largest absolute Gasteiger partial charge is 0.493 e. The van der Waals surface area contributed by atoms with Gasteiger partial charge < -0.3 is 9.47 Å². The van der Waals surface area contributed by atoms with Gasteiger partial charge in [-0.1, -0.05) is 0 Å². The van der Waals surface area contributed by atoms with Crippen LogP contribution in [0.1, 0.15) is 13.8 Å². The van der Waals surface area contributed by atoms with E-state index in [2.05, 4.69) is 22.6 Å². The summed E-state index contributed by atoms with van der Waals surface area (Å²) in [6, 6.07) is 5.89. The van der Waals surface area contributed by atoms with Crippen molar-refractivity contribution >= 4 is 22.6 Å². The van der Waals surface area contributed by atoms with Crippen LogP contribution < -0.4 is 9.47 Å². The highest BCUT2D eigenvalue weighted by molar-refractivity contribution is 14.1. The van der Waals surface area contributed by atoms with Crippen LogP contribution in [-0.2, 0) is 0 Å². The van der Waals surface area contributed by atoms with E-state index < -0.39 is 0 Å². The van der Waals surface area contributed by atoms with E-state index in [1.165, 1.54) is 0 Å². The summed E-state index contributed by atoms with van der Waals surface area (Å²) in [5.74, 6) is 1.60. The van der Waals surface area contributed by atoms with Crippen molar-refractivity contribution in [3.8, 4) is 11.5 Å². The average Bonchev–Trinajstić information content (AvgIpc) is 2.07. The van der Waals surface area contributed by atoms with E-state index in [9.17, 15) is 0 Å². The molecule has 0 spiro atoms. The Hall–Kier alpha value is -0.450. The lowest BCUT2D eigenvalue weighted by atomic mass is 10.3. The molecule has 0 amide bonds. The first kappa shape index (κ1) is 10.6. The number of hydrogen-bond donors (Lipinski definition) is 0. The zero-order valence-corrected chi connectivity index (χ0v) is 10.2. The molecule has 0 unspecified atom stereocenters. The van der Waals surface area contributed by atoms with Crippen molar-refractivity contribution in [1.29, 1.82) is 0 Å². The van der Waals surface area contributed by atoms with Crippen LogP contribution in [0.5, 0.6) is 11.5 Å². The Morgan fingerprint density at radius 1 is 1.23 bits per heavy atom. The fourth-order valence-electron chi connectivity index (χ4n) is 0.993. The highest BCUT2D eigenvalue weighted by Gasteiger charge is 2.05. The lowest BCUT2D eigenvalue weighted by Crippen LogP contribution is -2.06. The minimum absolute atomic E-state index is 0.175. The normalized spacial score (nSPS) is 10.2. The van der Waals surface area contributed by atoms with Gasteiger partial charge in [-0.25, -0.2) is 0 Å². The molecule has 0 saturated heterocycles. The fraction of sp³-hybridized carbons (Fsp3) is 0.400. The van der Waals surface area contributed by atoms with Gasteiger partial charge in [0.15, 0.2) is 11.5 Å². The summed E-state index contributed by atoms with van der Waals surface area (Å²) >= 11 is 2.24. The number of benzene rings is 1. The van der Waals surface area contributed by atoms with Gasteiger partial charge in [-0.3, -0.25) is 0 Å². The van der Waals surface area contributed by atoms with Gasteiger partial charge in [-0.15, -0.1) is 0 Å². The Balaban J connectivity index is 2.92. The summed E-state index contributed by atoms with van der Waals surface area (Å²) < 4.78 is 11.9. The maximum Gasteiger partial charge on any atom is 0.161 e. The predicted octanol–water partition coefficient (Wildman–Crippen LogP) is 3.09. The van der Waals surface area contributed by atoms with Gasteiger partial charge in [0.1, 0.15) is 0 Å². The van der Waals surface area contributed by atoms with Gasteiger partial charge >= 0.3 is 0 Å². The molecule has 1 aromatic rings. The highest BCUT2D eigenvalue weighted by Crippen LogP contribution is 2.29. The Labute approximate surface area is 92.4 Å². The Bertz CT molecular complexity index is 284. The van der Waals surface area contributed by atoms with Gasteiger partial charge in [0, 0.05) is 3.57 Å². The predicted molar refractivity (Wildman–Crippen MR) is 61.5 cm³/mol. The summed E-state index contributed by atoms with van der Waals surface area (Å²) in [5.41, 5.74) is 0. The molecule has 0 saturated carbocycles. The van der Waals surface area contributed by atoms with Crippen molar-refractivity contribution in [2.24, 2.45) is 0 Å². The second kappa shape index (κ2) is 4.69. The van der Waals surface area contributed by atoms with Crippen molar-refractivity contribution < 1.29 is 9.47 Å². The quantitative estimate of drug-likeness (QED) is 0.797. The minimum Gasteiger partial charge on any atom is -0.493 e. The van der Waals surface area contributed by atoms with Crippen LogP contribution in [0.15, 0.2) is 18.2 Å². The Kier molecular flexibility index (Phi) is 3.84. The first-order valence-corrected chi connectivity index (χ1v) is 5.21. The van der Waals surface area contributed by atoms with Gasteiger partial charge in [0.25, 0.3) is 0 Å². The number of methoxy groups -OCH3 is 1. The van der Waals surface area contributed by atoms with E-state index in [1.807, 2.05) is 32.0 Å². The molecular formula is C10H13IO2. The molecule has 0 N–H and O–H groups in total. The van der Waals surface area contributed by atoms with Crippen LogP contribution in [-0.4, -0.2) is 13.2 Å². The smallest absolute Gasteiger partial charge is 0.161 e. The molecule has 0 atom stereocenters. The molecule has 0 bridgehead atoms. The summed E-state index contributed by atoms with van der Waals surface area (Å²) in [5, 5.41) is 0. The molecule has 1 aromatic carbocycles. The van der Waals surface area contributed by atoms with Crippen LogP contribution in [0.25, 0.3) is 0 Å². The number of hydrogen-bond acceptors (Lipinski definition) is 2. The summed E-state index contributed by atoms with van der Waals surface area (Å²) in [7, 11) is 1.65. The molecule has 3 heteroatoms. The Morgan fingerprint density at radius 2 is 1.92 bits per heavy atom. The van der Waals surface area contributed by atoms with E-state index in [-0.39, 0.29) is 6.10 Å². The molecule has 13 heavy (non-hydrogen) atoms. The topological polar surface area (TPSA) is 18.5 Å². The maximum absolute atomic E-state index is 5.56. The molecule has 0 aliphatic carbocycles. The summed E-state index contributed by atoms with van der Waals surface area (Å²) in [4.78, 5) is 0. The number of rotatable bonds is 3. The molecule has 0 aromatic heterocycles. The van der Waals surface area contributed by atoms with Crippen LogP contribution in [0, 0.1) is 3.57 Å². The zero-order valence-electron chi connectivity index (χ0n) is 8.00. The second-order valence-electron chi connectivity index (χ2n) is 2.96. The van der Waals surface area contributed by atoms with E-state index >= 15 is 0 Å². The lowest BCUT2D eigenvalue weighted by Gasteiger charge is -2.13. The molecule has 0 aliphatic heterocycles. The fourth-order valence-corrected chi connectivity index (χ4v) is 1.46. The van der Waals surface area contributed by atoms with Crippen molar-refractivity contribution in [3.63, 3.8) is 0 Å². The highest BCUT2D eigenvalue weighted by atomic mass is 127. The van der Waals surface area contributed by atoms with Crippen molar-refractivity contribution in [2.75, 3.05) is 7.11 Å². The molecule has 1 rings (SSSR count). The van der Waals surface area contributed by atoms with E-state index in [0.29, 0.717) is 0 Å². The van der Waals surface area contributed by atoms with Crippen molar-refractivity contribution in [2.45, 2.75) is 20.0 Å². The van der Waals surface area contributed by atoms with Gasteiger partial charge in [0.2, 0.25) is 0 Å². The zero-order chi connectivity index (χ0) is 9.84. The minimum atomic E-state index is 0.175. The molecule has 0 heterocycles. The monoisotopic (exact) mass is 292 g/mol.